The Morgan fingerprint density at radius 3 is 2.46 bits per heavy atom. The van der Waals surface area contributed by atoms with Crippen LogP contribution in [0.2, 0.25) is 0 Å². The molecule has 0 amide bonds. The lowest BCUT2D eigenvalue weighted by Gasteiger charge is -2.05. The maximum Gasteiger partial charge on any atom is 0.254 e. The predicted molar refractivity (Wildman–Crippen MR) is 55.3 cm³/mol. The largest absolute Gasteiger partial charge is 0.301 e. The molecular weight excluding hydrogens is 184 g/mol. The molecule has 1 heterocycles. The van der Waals surface area contributed by atoms with E-state index in [4.69, 9.17) is 0 Å². The molecular formula is C9H14N2OS. The molecule has 0 unspecified atom stereocenters. The lowest BCUT2D eigenvalue weighted by Crippen LogP contribution is -2.14. The quantitative estimate of drug-likeness (QED) is 0.583. The van der Waals surface area contributed by atoms with Crippen LogP contribution in [0.25, 0.3) is 0 Å². The van der Waals surface area contributed by atoms with Crippen LogP contribution < -0.4 is 5.56 Å². The van der Waals surface area contributed by atoms with E-state index in [1.54, 1.807) is 18.7 Å². The van der Waals surface area contributed by atoms with E-state index in [9.17, 15) is 4.79 Å². The summed E-state index contributed by atoms with van der Waals surface area (Å²) in [6, 6.07) is 0. The van der Waals surface area contributed by atoms with Gasteiger partial charge in [0.25, 0.3) is 5.56 Å². The van der Waals surface area contributed by atoms with Crippen LogP contribution in [-0.4, -0.2) is 15.2 Å². The molecule has 0 radical (unpaired) electrons. The van der Waals surface area contributed by atoms with Gasteiger partial charge in [0.1, 0.15) is 0 Å². The second-order valence-electron chi connectivity index (χ2n) is 3.25. The number of hydrogen-bond acceptors (Lipinski definition) is 3. The average molecular weight is 198 g/mol. The first-order valence-corrected chi connectivity index (χ1v) is 5.13. The van der Waals surface area contributed by atoms with Crippen LogP contribution in [0, 0.1) is 13.8 Å². The molecule has 72 valence electrons. The molecule has 0 aromatic carbocycles. The molecule has 0 saturated carbocycles. The lowest BCUT2D eigenvalue weighted by atomic mass is 10.3. The number of nitrogens with one attached hydrogen (secondary N) is 1. The van der Waals surface area contributed by atoms with Crippen molar-refractivity contribution in [2.24, 2.45) is 0 Å². The zero-order valence-electron chi connectivity index (χ0n) is 8.34. The Morgan fingerprint density at radius 1 is 1.38 bits per heavy atom. The van der Waals surface area contributed by atoms with Gasteiger partial charge >= 0.3 is 0 Å². The Morgan fingerprint density at radius 2 is 2.00 bits per heavy atom. The Kier molecular flexibility index (Phi) is 3.14. The summed E-state index contributed by atoms with van der Waals surface area (Å²) in [5, 5.41) is 1.15. The molecule has 0 aliphatic heterocycles. The molecule has 13 heavy (non-hydrogen) atoms. The van der Waals surface area contributed by atoms with E-state index < -0.39 is 0 Å². The van der Waals surface area contributed by atoms with Gasteiger partial charge in [0.2, 0.25) is 0 Å². The summed E-state index contributed by atoms with van der Waals surface area (Å²) in [6.07, 6.45) is 0. The number of nitrogens with zero attached hydrogens (tertiary/aromatic N) is 1. The van der Waals surface area contributed by atoms with Crippen molar-refractivity contribution in [1.29, 1.82) is 0 Å². The number of hydrogen-bond donors (Lipinski definition) is 1. The zero-order chi connectivity index (χ0) is 10.0. The van der Waals surface area contributed by atoms with E-state index in [0.29, 0.717) is 16.0 Å². The number of H-pyrrole nitrogens is 1. The van der Waals surface area contributed by atoms with Crippen molar-refractivity contribution in [3.8, 4) is 0 Å². The molecule has 1 aromatic rings. The van der Waals surface area contributed by atoms with Gasteiger partial charge in [0, 0.05) is 16.5 Å². The number of aromatic amines is 1. The fraction of sp³-hybridized carbons (Fsp3) is 0.556. The van der Waals surface area contributed by atoms with Crippen LogP contribution >= 0.6 is 11.8 Å². The maximum atomic E-state index is 11.3. The van der Waals surface area contributed by atoms with Crippen molar-refractivity contribution in [3.63, 3.8) is 0 Å². The summed E-state index contributed by atoms with van der Waals surface area (Å²) >= 11 is 1.57. The highest BCUT2D eigenvalue weighted by molar-refractivity contribution is 7.99. The topological polar surface area (TPSA) is 45.8 Å². The average Bonchev–Trinajstić information content (AvgIpc) is 1.98. The number of aryl methyl sites for hydroxylation is 1. The molecule has 1 N–H and O–H groups in total. The number of rotatable bonds is 2. The summed E-state index contributed by atoms with van der Waals surface area (Å²) in [4.78, 5) is 18.4. The van der Waals surface area contributed by atoms with Gasteiger partial charge in [-0.2, -0.15) is 0 Å². The summed E-state index contributed by atoms with van der Waals surface area (Å²) in [6.45, 7) is 7.78. The van der Waals surface area contributed by atoms with Crippen LogP contribution in [0.5, 0.6) is 0 Å². The molecule has 0 aliphatic rings. The van der Waals surface area contributed by atoms with Crippen LogP contribution in [0.3, 0.4) is 0 Å². The van der Waals surface area contributed by atoms with Crippen LogP contribution in [0.4, 0.5) is 0 Å². The number of aromatic nitrogens is 2. The first-order chi connectivity index (χ1) is 6.00. The van der Waals surface area contributed by atoms with Gasteiger partial charge in [-0.05, 0) is 13.8 Å². The first kappa shape index (κ1) is 10.3. The molecule has 4 heteroatoms. The zero-order valence-corrected chi connectivity index (χ0v) is 9.16. The highest BCUT2D eigenvalue weighted by atomic mass is 32.2. The summed E-state index contributed by atoms with van der Waals surface area (Å²) < 4.78 is 0. The standard InChI is InChI=1S/C9H14N2OS/c1-5(2)13-9-10-7(4)6(3)8(12)11-9/h5H,1-4H3,(H,10,11,12). The van der Waals surface area contributed by atoms with E-state index in [2.05, 4.69) is 23.8 Å². The Hall–Kier alpha value is -0.770. The summed E-state index contributed by atoms with van der Waals surface area (Å²) in [5.74, 6) is 0. The highest BCUT2D eigenvalue weighted by Gasteiger charge is 2.05. The SMILES string of the molecule is Cc1nc(SC(C)C)[nH]c(=O)c1C. The van der Waals surface area contributed by atoms with Crippen molar-refractivity contribution >= 4 is 11.8 Å². The van der Waals surface area contributed by atoms with E-state index in [1.807, 2.05) is 6.92 Å². The molecule has 0 atom stereocenters. The van der Waals surface area contributed by atoms with Gasteiger partial charge in [-0.25, -0.2) is 4.98 Å². The summed E-state index contributed by atoms with van der Waals surface area (Å²) in [5.41, 5.74) is 1.48. The predicted octanol–water partition coefficient (Wildman–Crippen LogP) is 1.89. The first-order valence-electron chi connectivity index (χ1n) is 4.25. The molecule has 3 nitrogen and oxygen atoms in total. The van der Waals surface area contributed by atoms with Gasteiger partial charge < -0.3 is 4.98 Å². The van der Waals surface area contributed by atoms with Gasteiger partial charge in [0.05, 0.1) is 0 Å². The molecule has 0 spiro atoms. The monoisotopic (exact) mass is 198 g/mol. The number of thioether (sulfide) groups is 1. The van der Waals surface area contributed by atoms with E-state index in [0.717, 1.165) is 5.69 Å². The van der Waals surface area contributed by atoms with Gasteiger partial charge in [-0.1, -0.05) is 25.6 Å². The minimum atomic E-state index is -0.0318. The molecule has 0 aliphatic carbocycles. The molecule has 0 bridgehead atoms. The third kappa shape index (κ3) is 2.59. The van der Waals surface area contributed by atoms with Crippen LogP contribution in [-0.2, 0) is 0 Å². The lowest BCUT2D eigenvalue weighted by molar-refractivity contribution is 0.878. The fourth-order valence-electron chi connectivity index (χ4n) is 0.898. The van der Waals surface area contributed by atoms with E-state index in [-0.39, 0.29) is 5.56 Å². The Balaban J connectivity index is 3.06. The van der Waals surface area contributed by atoms with Gasteiger partial charge in [-0.3, -0.25) is 4.79 Å². The van der Waals surface area contributed by atoms with Crippen molar-refractivity contribution in [2.45, 2.75) is 38.1 Å². The van der Waals surface area contributed by atoms with Crippen molar-refractivity contribution in [2.75, 3.05) is 0 Å². The second-order valence-corrected chi connectivity index (χ2v) is 4.81. The maximum absolute atomic E-state index is 11.3. The third-order valence-electron chi connectivity index (χ3n) is 1.72. The fourth-order valence-corrected chi connectivity index (χ4v) is 1.69. The van der Waals surface area contributed by atoms with Crippen molar-refractivity contribution < 1.29 is 0 Å². The van der Waals surface area contributed by atoms with E-state index >= 15 is 0 Å². The van der Waals surface area contributed by atoms with Gasteiger partial charge in [0.15, 0.2) is 5.16 Å². The minimum Gasteiger partial charge on any atom is -0.301 e. The second kappa shape index (κ2) is 3.96. The normalized spacial score (nSPS) is 10.8. The molecule has 1 aromatic heterocycles. The van der Waals surface area contributed by atoms with Crippen LogP contribution in [0.15, 0.2) is 9.95 Å². The van der Waals surface area contributed by atoms with Crippen molar-refractivity contribution in [1.82, 2.24) is 9.97 Å². The van der Waals surface area contributed by atoms with Gasteiger partial charge in [-0.15, -0.1) is 0 Å². The summed E-state index contributed by atoms with van der Waals surface area (Å²) in [7, 11) is 0. The molecule has 0 fully saturated rings. The minimum absolute atomic E-state index is 0.0318. The third-order valence-corrected chi connectivity index (χ3v) is 2.61. The van der Waals surface area contributed by atoms with Crippen LogP contribution in [0.1, 0.15) is 25.1 Å². The van der Waals surface area contributed by atoms with E-state index in [1.165, 1.54) is 0 Å². The molecule has 1 rings (SSSR count). The Bertz CT molecular complexity index is 357. The smallest absolute Gasteiger partial charge is 0.254 e. The van der Waals surface area contributed by atoms with Crippen molar-refractivity contribution in [3.05, 3.63) is 21.6 Å². The highest BCUT2D eigenvalue weighted by Crippen LogP contribution is 2.17. The Labute approximate surface area is 82.0 Å². The molecule has 0 saturated heterocycles.